The molecule has 0 aliphatic rings. The van der Waals surface area contributed by atoms with E-state index in [0.29, 0.717) is 16.5 Å². The summed E-state index contributed by atoms with van der Waals surface area (Å²) in [4.78, 5) is 12.0. The van der Waals surface area contributed by atoms with Crippen LogP contribution >= 0.6 is 11.6 Å². The predicted molar refractivity (Wildman–Crippen MR) is 69.8 cm³/mol. The topological polar surface area (TPSA) is 81.2 Å². The molecule has 18 heavy (non-hydrogen) atoms. The van der Waals surface area contributed by atoms with Gasteiger partial charge < -0.3 is 10.3 Å². The monoisotopic (exact) mass is 265 g/mol. The van der Waals surface area contributed by atoms with E-state index in [0.717, 1.165) is 11.3 Å². The van der Waals surface area contributed by atoms with Crippen LogP contribution in [0.3, 0.4) is 0 Å². The summed E-state index contributed by atoms with van der Waals surface area (Å²) in [5, 5.41) is 6.71. The number of para-hydroxylation sites is 1. The van der Waals surface area contributed by atoms with Crippen LogP contribution in [-0.2, 0) is 0 Å². The SMILES string of the molecule is Cc1noc(NC(=O)c2cccc(Cl)c2N)c1C. The van der Waals surface area contributed by atoms with Crippen LogP contribution in [0.4, 0.5) is 11.6 Å². The van der Waals surface area contributed by atoms with E-state index >= 15 is 0 Å². The third kappa shape index (κ3) is 2.17. The molecule has 0 aliphatic carbocycles. The number of rotatable bonds is 2. The number of hydrogen-bond donors (Lipinski definition) is 2. The Kier molecular flexibility index (Phi) is 3.25. The molecule has 0 unspecified atom stereocenters. The van der Waals surface area contributed by atoms with Gasteiger partial charge in [0.25, 0.3) is 5.91 Å². The lowest BCUT2D eigenvalue weighted by Gasteiger charge is -2.06. The molecule has 2 aromatic rings. The number of nitrogen functional groups attached to an aromatic ring is 1. The number of aromatic nitrogens is 1. The van der Waals surface area contributed by atoms with Crippen LogP contribution < -0.4 is 11.1 Å². The number of carbonyl (C=O) groups is 1. The van der Waals surface area contributed by atoms with E-state index in [9.17, 15) is 4.79 Å². The summed E-state index contributed by atoms with van der Waals surface area (Å²) >= 11 is 5.86. The van der Waals surface area contributed by atoms with Crippen LogP contribution in [0.5, 0.6) is 0 Å². The lowest BCUT2D eigenvalue weighted by Crippen LogP contribution is -2.14. The average Bonchev–Trinajstić information content (AvgIpc) is 2.64. The Morgan fingerprint density at radius 1 is 1.44 bits per heavy atom. The molecule has 5 nitrogen and oxygen atoms in total. The zero-order valence-electron chi connectivity index (χ0n) is 9.95. The van der Waals surface area contributed by atoms with Gasteiger partial charge >= 0.3 is 0 Å². The molecule has 6 heteroatoms. The molecule has 1 heterocycles. The van der Waals surface area contributed by atoms with Crippen LogP contribution in [0.25, 0.3) is 0 Å². The zero-order chi connectivity index (χ0) is 13.3. The van der Waals surface area contributed by atoms with Gasteiger partial charge in [0.1, 0.15) is 0 Å². The number of amides is 1. The molecule has 0 aliphatic heterocycles. The van der Waals surface area contributed by atoms with Gasteiger partial charge in [-0.25, -0.2) is 0 Å². The zero-order valence-corrected chi connectivity index (χ0v) is 10.7. The molecule has 0 fully saturated rings. The number of nitrogens with one attached hydrogen (secondary N) is 1. The Morgan fingerprint density at radius 3 is 2.78 bits per heavy atom. The molecular weight excluding hydrogens is 254 g/mol. The largest absolute Gasteiger partial charge is 0.397 e. The molecule has 0 saturated carbocycles. The van der Waals surface area contributed by atoms with Crippen molar-refractivity contribution in [3.63, 3.8) is 0 Å². The Balaban J connectivity index is 2.28. The molecular formula is C12H12ClN3O2. The first kappa shape index (κ1) is 12.4. The van der Waals surface area contributed by atoms with E-state index in [-0.39, 0.29) is 11.6 Å². The highest BCUT2D eigenvalue weighted by Crippen LogP contribution is 2.24. The Labute approximate surface area is 109 Å². The molecule has 94 valence electrons. The number of carbonyl (C=O) groups excluding carboxylic acids is 1. The number of nitrogens with two attached hydrogens (primary N) is 1. The normalized spacial score (nSPS) is 10.4. The van der Waals surface area contributed by atoms with Crippen LogP contribution in [0.2, 0.25) is 5.02 Å². The molecule has 2 rings (SSSR count). The Bertz CT molecular complexity index is 607. The van der Waals surface area contributed by atoms with Crippen molar-refractivity contribution in [1.82, 2.24) is 5.16 Å². The fraction of sp³-hybridized carbons (Fsp3) is 0.167. The minimum absolute atomic E-state index is 0.241. The van der Waals surface area contributed by atoms with Gasteiger partial charge in [-0.1, -0.05) is 22.8 Å². The van der Waals surface area contributed by atoms with E-state index in [4.69, 9.17) is 21.9 Å². The first-order valence-electron chi connectivity index (χ1n) is 5.29. The quantitative estimate of drug-likeness (QED) is 0.818. The second-order valence-electron chi connectivity index (χ2n) is 3.88. The third-order valence-corrected chi connectivity index (χ3v) is 3.01. The molecule has 0 radical (unpaired) electrons. The van der Waals surface area contributed by atoms with Gasteiger partial charge in [0, 0.05) is 5.56 Å². The highest BCUT2D eigenvalue weighted by atomic mass is 35.5. The van der Waals surface area contributed by atoms with E-state index in [1.807, 2.05) is 6.92 Å². The molecule has 1 amide bonds. The highest BCUT2D eigenvalue weighted by molar-refractivity contribution is 6.34. The lowest BCUT2D eigenvalue weighted by molar-refractivity contribution is 0.102. The second-order valence-corrected chi connectivity index (χ2v) is 4.28. The summed E-state index contributed by atoms with van der Waals surface area (Å²) in [6.07, 6.45) is 0. The molecule has 1 aromatic carbocycles. The maximum absolute atomic E-state index is 12.0. The molecule has 3 N–H and O–H groups in total. The van der Waals surface area contributed by atoms with Crippen LogP contribution in [0.15, 0.2) is 22.7 Å². The maximum atomic E-state index is 12.0. The lowest BCUT2D eigenvalue weighted by atomic mass is 10.1. The molecule has 0 saturated heterocycles. The summed E-state index contributed by atoms with van der Waals surface area (Å²) in [6.45, 7) is 3.60. The standard InChI is InChI=1S/C12H12ClN3O2/c1-6-7(2)16-18-12(6)15-11(17)8-4-3-5-9(13)10(8)14/h3-5H,14H2,1-2H3,(H,15,17). The highest BCUT2D eigenvalue weighted by Gasteiger charge is 2.16. The summed E-state index contributed by atoms with van der Waals surface area (Å²) in [5.74, 6) is -0.0638. The van der Waals surface area contributed by atoms with Crippen molar-refractivity contribution in [1.29, 1.82) is 0 Å². The number of anilines is 2. The number of benzene rings is 1. The number of halogens is 1. The minimum atomic E-state index is -0.380. The summed E-state index contributed by atoms with van der Waals surface area (Å²) in [7, 11) is 0. The van der Waals surface area contributed by atoms with Gasteiger partial charge in [-0.15, -0.1) is 0 Å². The van der Waals surface area contributed by atoms with E-state index in [1.165, 1.54) is 0 Å². The van der Waals surface area contributed by atoms with Gasteiger partial charge in [-0.3, -0.25) is 10.1 Å². The van der Waals surface area contributed by atoms with Crippen LogP contribution in [0.1, 0.15) is 21.6 Å². The number of nitrogens with zero attached hydrogens (tertiary/aromatic N) is 1. The van der Waals surface area contributed by atoms with Crippen molar-refractivity contribution in [2.75, 3.05) is 11.1 Å². The van der Waals surface area contributed by atoms with E-state index in [1.54, 1.807) is 25.1 Å². The van der Waals surface area contributed by atoms with Crippen molar-refractivity contribution in [2.24, 2.45) is 0 Å². The third-order valence-electron chi connectivity index (χ3n) is 2.68. The minimum Gasteiger partial charge on any atom is -0.397 e. The summed E-state index contributed by atoms with van der Waals surface area (Å²) in [5.41, 5.74) is 7.79. The first-order chi connectivity index (χ1) is 8.50. The fourth-order valence-electron chi connectivity index (χ4n) is 1.44. The van der Waals surface area contributed by atoms with Gasteiger partial charge in [0.05, 0.1) is 22.0 Å². The Morgan fingerprint density at radius 2 is 2.17 bits per heavy atom. The van der Waals surface area contributed by atoms with Gasteiger partial charge in [-0.05, 0) is 26.0 Å². The van der Waals surface area contributed by atoms with Crippen molar-refractivity contribution >= 4 is 29.1 Å². The van der Waals surface area contributed by atoms with E-state index < -0.39 is 0 Å². The van der Waals surface area contributed by atoms with Crippen LogP contribution in [-0.4, -0.2) is 11.1 Å². The van der Waals surface area contributed by atoms with Gasteiger partial charge in [0.2, 0.25) is 5.88 Å². The fourth-order valence-corrected chi connectivity index (χ4v) is 1.61. The second kappa shape index (κ2) is 4.70. The summed E-state index contributed by atoms with van der Waals surface area (Å²) < 4.78 is 5.00. The average molecular weight is 266 g/mol. The van der Waals surface area contributed by atoms with Crippen molar-refractivity contribution in [3.8, 4) is 0 Å². The number of aryl methyl sites for hydroxylation is 1. The van der Waals surface area contributed by atoms with E-state index in [2.05, 4.69) is 10.5 Å². The van der Waals surface area contributed by atoms with Crippen molar-refractivity contribution < 1.29 is 9.32 Å². The van der Waals surface area contributed by atoms with Gasteiger partial charge in [0.15, 0.2) is 0 Å². The maximum Gasteiger partial charge on any atom is 0.260 e. The van der Waals surface area contributed by atoms with Gasteiger partial charge in [-0.2, -0.15) is 0 Å². The van der Waals surface area contributed by atoms with Crippen LogP contribution in [0, 0.1) is 13.8 Å². The smallest absolute Gasteiger partial charge is 0.260 e. The Hall–Kier alpha value is -2.01. The predicted octanol–water partition coefficient (Wildman–Crippen LogP) is 2.78. The molecule has 1 aromatic heterocycles. The van der Waals surface area contributed by atoms with Crippen molar-refractivity contribution in [3.05, 3.63) is 40.0 Å². The molecule has 0 spiro atoms. The first-order valence-corrected chi connectivity index (χ1v) is 5.66. The van der Waals surface area contributed by atoms with Crippen molar-refractivity contribution in [2.45, 2.75) is 13.8 Å². The molecule has 0 bridgehead atoms. The number of hydrogen-bond acceptors (Lipinski definition) is 4. The summed E-state index contributed by atoms with van der Waals surface area (Å²) in [6, 6.07) is 4.87. The molecule has 0 atom stereocenters.